The number of benzene rings is 2. The molecule has 2 aliphatic rings. The molecule has 3 heterocycles. The summed E-state index contributed by atoms with van der Waals surface area (Å²) in [6, 6.07) is 12.6. The SMILES string of the molecule is COC(=O)NC(C(=O)N1CCCC1C(=O)Nc1ccc(COc2ccc(-c3cnc(C4CCCN4C(=O)C(NC(=O)OC)C(C)C)[nH]3)cc2)cc1)C(C)C. The number of carbonyl (C=O) groups excluding carboxylic acids is 5. The third-order valence-corrected chi connectivity index (χ3v) is 9.86. The predicted octanol–water partition coefficient (Wildman–Crippen LogP) is 5.01. The second kappa shape index (κ2) is 18.0. The van der Waals surface area contributed by atoms with Crippen LogP contribution in [0.15, 0.2) is 54.7 Å². The number of carbonyl (C=O) groups is 5. The van der Waals surface area contributed by atoms with E-state index in [1.807, 2.05) is 64.1 Å². The molecule has 2 fully saturated rings. The standard InChI is InChI=1S/C39H51N7O8/c1-23(2)32(43-38(50)52-5)36(48)45-19-7-9-30(45)34-40-21-29(42-34)26-13-17-28(18-14-26)54-22-25-11-15-27(16-12-25)41-35(47)31-10-8-20-46(31)37(49)33(24(3)4)44-39(51)53-6/h11-18,21,23-24,30-33H,7-10,19-20,22H2,1-6H3,(H,40,42)(H,41,47)(H,43,50)(H,44,51). The van der Waals surface area contributed by atoms with Crippen LogP contribution in [0, 0.1) is 11.8 Å². The molecule has 290 valence electrons. The fourth-order valence-electron chi connectivity index (χ4n) is 6.83. The first-order chi connectivity index (χ1) is 25.9. The van der Waals surface area contributed by atoms with Gasteiger partial charge in [0.2, 0.25) is 17.7 Å². The second-order valence-electron chi connectivity index (χ2n) is 14.3. The van der Waals surface area contributed by atoms with E-state index in [1.165, 1.54) is 19.1 Å². The van der Waals surface area contributed by atoms with Crippen LogP contribution in [-0.2, 0) is 30.5 Å². The molecular formula is C39H51N7O8. The van der Waals surface area contributed by atoms with Crippen molar-refractivity contribution in [1.29, 1.82) is 0 Å². The number of hydrogen-bond donors (Lipinski definition) is 4. The van der Waals surface area contributed by atoms with Crippen LogP contribution in [0.1, 0.15) is 70.8 Å². The molecule has 3 aromatic rings. The maximum Gasteiger partial charge on any atom is 0.407 e. The van der Waals surface area contributed by atoms with E-state index in [0.717, 1.165) is 29.7 Å². The Bertz CT molecular complexity index is 1780. The molecule has 4 unspecified atom stereocenters. The van der Waals surface area contributed by atoms with Crippen LogP contribution in [0.2, 0.25) is 0 Å². The Balaban J connectivity index is 1.13. The van der Waals surface area contributed by atoms with Gasteiger partial charge in [-0.05, 0) is 85.0 Å². The highest BCUT2D eigenvalue weighted by Gasteiger charge is 2.39. The molecule has 15 nitrogen and oxygen atoms in total. The fourth-order valence-corrected chi connectivity index (χ4v) is 6.83. The van der Waals surface area contributed by atoms with Gasteiger partial charge in [-0.15, -0.1) is 0 Å². The minimum absolute atomic E-state index is 0.116. The van der Waals surface area contributed by atoms with Crippen LogP contribution >= 0.6 is 0 Å². The predicted molar refractivity (Wildman–Crippen MR) is 200 cm³/mol. The molecule has 2 saturated heterocycles. The van der Waals surface area contributed by atoms with Crippen molar-refractivity contribution in [2.75, 3.05) is 32.6 Å². The summed E-state index contributed by atoms with van der Waals surface area (Å²) in [7, 11) is 2.52. The van der Waals surface area contributed by atoms with E-state index in [9.17, 15) is 24.0 Å². The Morgan fingerprint density at radius 3 is 1.96 bits per heavy atom. The van der Waals surface area contributed by atoms with Crippen molar-refractivity contribution in [2.45, 2.75) is 84.2 Å². The van der Waals surface area contributed by atoms with Gasteiger partial charge in [-0.25, -0.2) is 14.6 Å². The van der Waals surface area contributed by atoms with Crippen molar-refractivity contribution in [3.05, 3.63) is 66.1 Å². The molecule has 0 aliphatic carbocycles. The first-order valence-corrected chi connectivity index (χ1v) is 18.4. The molecule has 15 heteroatoms. The minimum Gasteiger partial charge on any atom is -0.489 e. The molecule has 5 amide bonds. The molecule has 0 spiro atoms. The number of ether oxygens (including phenoxy) is 3. The highest BCUT2D eigenvalue weighted by atomic mass is 16.5. The number of aromatic amines is 1. The van der Waals surface area contributed by atoms with Crippen molar-refractivity contribution in [2.24, 2.45) is 11.8 Å². The van der Waals surface area contributed by atoms with Crippen molar-refractivity contribution in [1.82, 2.24) is 30.4 Å². The lowest BCUT2D eigenvalue weighted by atomic mass is 10.0. The van der Waals surface area contributed by atoms with Crippen LogP contribution < -0.4 is 20.7 Å². The molecule has 5 rings (SSSR count). The number of imidazole rings is 1. The summed E-state index contributed by atoms with van der Waals surface area (Å²) in [5.41, 5.74) is 3.22. The fraction of sp³-hybridized carbons (Fsp3) is 0.487. The lowest BCUT2D eigenvalue weighted by molar-refractivity contribution is -0.139. The summed E-state index contributed by atoms with van der Waals surface area (Å²) >= 11 is 0. The van der Waals surface area contributed by atoms with Crippen molar-refractivity contribution in [3.8, 4) is 17.0 Å². The molecule has 2 aromatic carbocycles. The summed E-state index contributed by atoms with van der Waals surface area (Å²) < 4.78 is 15.4. The van der Waals surface area contributed by atoms with Crippen LogP contribution in [0.4, 0.5) is 15.3 Å². The summed E-state index contributed by atoms with van der Waals surface area (Å²) in [4.78, 5) is 75.1. The third-order valence-electron chi connectivity index (χ3n) is 9.86. The average molecular weight is 746 g/mol. The van der Waals surface area contributed by atoms with Crippen LogP contribution in [0.25, 0.3) is 11.3 Å². The molecule has 4 atom stereocenters. The van der Waals surface area contributed by atoms with E-state index < -0.39 is 30.3 Å². The summed E-state index contributed by atoms with van der Waals surface area (Å²) in [6.07, 6.45) is 3.24. The minimum atomic E-state index is -0.797. The quantitative estimate of drug-likeness (QED) is 0.187. The van der Waals surface area contributed by atoms with E-state index in [-0.39, 0.29) is 35.6 Å². The van der Waals surface area contributed by atoms with Gasteiger partial charge in [-0.2, -0.15) is 0 Å². The van der Waals surface area contributed by atoms with Crippen molar-refractivity contribution in [3.63, 3.8) is 0 Å². The number of likely N-dealkylation sites (tertiary alicyclic amines) is 2. The molecule has 54 heavy (non-hydrogen) atoms. The Morgan fingerprint density at radius 2 is 1.37 bits per heavy atom. The number of methoxy groups -OCH3 is 2. The van der Waals surface area contributed by atoms with Gasteiger partial charge in [-0.3, -0.25) is 14.4 Å². The van der Waals surface area contributed by atoms with E-state index in [2.05, 4.69) is 30.7 Å². The summed E-state index contributed by atoms with van der Waals surface area (Å²) in [6.45, 7) is 8.75. The van der Waals surface area contributed by atoms with Gasteiger partial charge in [0.15, 0.2) is 0 Å². The molecule has 0 radical (unpaired) electrons. The number of alkyl carbamates (subject to hydrolysis) is 2. The van der Waals surface area contributed by atoms with Gasteiger partial charge < -0.3 is 44.9 Å². The van der Waals surface area contributed by atoms with E-state index in [1.54, 1.807) is 23.2 Å². The Morgan fingerprint density at radius 1 is 0.796 bits per heavy atom. The van der Waals surface area contributed by atoms with Gasteiger partial charge in [0.25, 0.3) is 0 Å². The molecule has 0 saturated carbocycles. The highest BCUT2D eigenvalue weighted by molar-refractivity contribution is 5.98. The molecule has 2 aliphatic heterocycles. The highest BCUT2D eigenvalue weighted by Crippen LogP contribution is 2.33. The monoisotopic (exact) mass is 745 g/mol. The van der Waals surface area contributed by atoms with Crippen LogP contribution in [-0.4, -0.2) is 95.1 Å². The molecular weight excluding hydrogens is 694 g/mol. The van der Waals surface area contributed by atoms with Crippen molar-refractivity contribution >= 4 is 35.6 Å². The van der Waals surface area contributed by atoms with Gasteiger partial charge in [0.05, 0.1) is 32.2 Å². The Hall–Kier alpha value is -5.60. The number of amides is 5. The number of rotatable bonds is 13. The van der Waals surface area contributed by atoms with E-state index in [4.69, 9.17) is 9.47 Å². The Kier molecular flexibility index (Phi) is 13.2. The van der Waals surface area contributed by atoms with Crippen molar-refractivity contribution < 1.29 is 38.2 Å². The summed E-state index contributed by atoms with van der Waals surface area (Å²) in [5.74, 6) is 0.319. The summed E-state index contributed by atoms with van der Waals surface area (Å²) in [5, 5.41) is 8.19. The average Bonchev–Trinajstić information content (AvgIpc) is 3.96. The van der Waals surface area contributed by atoms with Crippen LogP contribution in [0.3, 0.4) is 0 Å². The zero-order valence-electron chi connectivity index (χ0n) is 31.7. The van der Waals surface area contributed by atoms with Gasteiger partial charge >= 0.3 is 12.2 Å². The number of nitrogens with zero attached hydrogens (tertiary/aromatic N) is 3. The number of H-pyrrole nitrogens is 1. The molecule has 1 aromatic heterocycles. The maximum absolute atomic E-state index is 13.5. The maximum atomic E-state index is 13.5. The molecule has 0 bridgehead atoms. The Labute approximate surface area is 315 Å². The number of hydrogen-bond acceptors (Lipinski definition) is 9. The van der Waals surface area contributed by atoms with E-state index in [0.29, 0.717) is 49.8 Å². The zero-order chi connectivity index (χ0) is 38.9. The van der Waals surface area contributed by atoms with Gasteiger partial charge in [-0.1, -0.05) is 39.8 Å². The zero-order valence-corrected chi connectivity index (χ0v) is 31.7. The third kappa shape index (κ3) is 9.49. The van der Waals surface area contributed by atoms with E-state index >= 15 is 0 Å². The van der Waals surface area contributed by atoms with Crippen LogP contribution in [0.5, 0.6) is 5.75 Å². The number of anilines is 1. The largest absolute Gasteiger partial charge is 0.489 e. The topological polar surface area (TPSA) is 184 Å². The smallest absolute Gasteiger partial charge is 0.407 e. The molecule has 4 N–H and O–H groups in total. The van der Waals surface area contributed by atoms with Gasteiger partial charge in [0, 0.05) is 18.8 Å². The normalized spacial score (nSPS) is 17.9. The first-order valence-electron chi connectivity index (χ1n) is 18.4. The number of aromatic nitrogens is 2. The lowest BCUT2D eigenvalue weighted by Crippen LogP contribution is -2.54. The first kappa shape index (κ1) is 39.6. The number of nitrogens with one attached hydrogen (secondary N) is 4. The lowest BCUT2D eigenvalue weighted by Gasteiger charge is -2.30. The second-order valence-corrected chi connectivity index (χ2v) is 14.3. The van der Waals surface area contributed by atoms with Gasteiger partial charge in [0.1, 0.15) is 36.3 Å².